The van der Waals surface area contributed by atoms with Crippen LogP contribution in [0.3, 0.4) is 0 Å². The van der Waals surface area contributed by atoms with Crippen molar-refractivity contribution in [3.05, 3.63) is 35.4 Å². The molecule has 0 N–H and O–H groups in total. The third-order valence-corrected chi connectivity index (χ3v) is 4.40. The highest BCUT2D eigenvalue weighted by atomic mass is 32.2. The molecule has 0 bridgehead atoms. The zero-order chi connectivity index (χ0) is 14.8. The molecule has 19 heavy (non-hydrogen) atoms. The average Bonchev–Trinajstić information content (AvgIpc) is 2.26. The predicted molar refractivity (Wildman–Crippen MR) is 85.2 cm³/mol. The van der Waals surface area contributed by atoms with Crippen molar-refractivity contribution in [1.82, 2.24) is 0 Å². The molecule has 106 valence electrons. The van der Waals surface area contributed by atoms with E-state index in [4.69, 9.17) is 0 Å². The number of nitrogens with zero attached hydrogens (tertiary/aromatic N) is 1. The van der Waals surface area contributed by atoms with E-state index < -0.39 is 11.4 Å². The van der Waals surface area contributed by atoms with Crippen LogP contribution in [0.15, 0.2) is 28.7 Å². The van der Waals surface area contributed by atoms with E-state index in [-0.39, 0.29) is 10.2 Å². The van der Waals surface area contributed by atoms with E-state index in [2.05, 4.69) is 49.4 Å². The van der Waals surface area contributed by atoms with Gasteiger partial charge >= 0.3 is 0 Å². The van der Waals surface area contributed by atoms with E-state index in [0.29, 0.717) is 0 Å². The van der Waals surface area contributed by atoms with Gasteiger partial charge in [-0.25, -0.2) is 0 Å². The van der Waals surface area contributed by atoms with Crippen molar-refractivity contribution in [2.24, 2.45) is 4.40 Å². The highest BCUT2D eigenvalue weighted by molar-refractivity contribution is 7.91. The molecule has 0 spiro atoms. The standard InChI is InChI=1S/C16H25NOS/c1-12(17-19(18)16(5,6)7)13-8-10-14(11-9-13)15(2,3)4/h8-11H,1-7H3. The Hall–Kier alpha value is -0.800. The number of rotatable bonds is 2. The minimum absolute atomic E-state index is 0.151. The van der Waals surface area contributed by atoms with Crippen LogP contribution in [-0.4, -0.2) is 15.0 Å². The van der Waals surface area contributed by atoms with Gasteiger partial charge in [0.2, 0.25) is 0 Å². The number of benzene rings is 1. The van der Waals surface area contributed by atoms with Gasteiger partial charge in [0.05, 0.1) is 5.71 Å². The van der Waals surface area contributed by atoms with Crippen LogP contribution in [0.25, 0.3) is 0 Å². The number of hydrogen-bond donors (Lipinski definition) is 0. The lowest BCUT2D eigenvalue weighted by Gasteiger charge is -2.20. The Kier molecular flexibility index (Phi) is 4.86. The monoisotopic (exact) mass is 279 g/mol. The Balaban J connectivity index is 2.96. The molecule has 0 saturated heterocycles. The van der Waals surface area contributed by atoms with Crippen molar-refractivity contribution in [3.63, 3.8) is 0 Å². The van der Waals surface area contributed by atoms with E-state index in [1.54, 1.807) is 0 Å². The van der Waals surface area contributed by atoms with Crippen LogP contribution < -0.4 is 0 Å². The lowest BCUT2D eigenvalue weighted by atomic mass is 9.86. The first-order valence-corrected chi connectivity index (χ1v) is 7.71. The maximum Gasteiger partial charge on any atom is 0.144 e. The van der Waals surface area contributed by atoms with Crippen molar-refractivity contribution in [2.75, 3.05) is 0 Å². The molecule has 0 aromatic heterocycles. The Labute approximate surface area is 120 Å². The molecule has 0 aliphatic rings. The summed E-state index contributed by atoms with van der Waals surface area (Å²) < 4.78 is 16.0. The van der Waals surface area contributed by atoms with Crippen LogP contribution in [0, 0.1) is 0 Å². The van der Waals surface area contributed by atoms with Crippen LogP contribution >= 0.6 is 0 Å². The zero-order valence-electron chi connectivity index (χ0n) is 13.1. The highest BCUT2D eigenvalue weighted by Gasteiger charge is 2.26. The van der Waals surface area contributed by atoms with E-state index in [0.717, 1.165) is 11.3 Å². The SMILES string of the molecule is CC(=N[S+]([O-])C(C)(C)C)c1ccc(C(C)(C)C)cc1. The van der Waals surface area contributed by atoms with Crippen LogP contribution in [0.4, 0.5) is 0 Å². The third-order valence-electron chi connectivity index (χ3n) is 2.91. The summed E-state index contributed by atoms with van der Waals surface area (Å²) in [5.74, 6) is 0. The minimum Gasteiger partial charge on any atom is -0.591 e. The largest absolute Gasteiger partial charge is 0.591 e. The smallest absolute Gasteiger partial charge is 0.144 e. The van der Waals surface area contributed by atoms with Crippen LogP contribution in [0.2, 0.25) is 0 Å². The van der Waals surface area contributed by atoms with E-state index in [9.17, 15) is 4.55 Å². The second kappa shape index (κ2) is 5.68. The van der Waals surface area contributed by atoms with Crippen molar-refractivity contribution >= 4 is 17.1 Å². The third kappa shape index (κ3) is 4.66. The first kappa shape index (κ1) is 16.3. The quantitative estimate of drug-likeness (QED) is 0.588. The summed E-state index contributed by atoms with van der Waals surface area (Å²) in [5.41, 5.74) is 3.30. The average molecular weight is 279 g/mol. The molecule has 1 aromatic rings. The molecule has 3 heteroatoms. The van der Waals surface area contributed by atoms with Crippen LogP contribution in [0.5, 0.6) is 0 Å². The normalized spacial score (nSPS) is 15.5. The summed E-state index contributed by atoms with van der Waals surface area (Å²) >= 11 is -1.20. The molecule has 1 unspecified atom stereocenters. The molecule has 0 heterocycles. The lowest BCUT2D eigenvalue weighted by Crippen LogP contribution is -2.26. The fourth-order valence-corrected chi connectivity index (χ4v) is 2.15. The second-order valence-electron chi connectivity index (χ2n) is 6.87. The molecule has 0 saturated carbocycles. The topological polar surface area (TPSA) is 35.4 Å². The fourth-order valence-electron chi connectivity index (χ4n) is 1.53. The maximum absolute atomic E-state index is 12.0. The second-order valence-corrected chi connectivity index (χ2v) is 8.77. The Morgan fingerprint density at radius 2 is 1.47 bits per heavy atom. The zero-order valence-corrected chi connectivity index (χ0v) is 13.9. The van der Waals surface area contributed by atoms with E-state index in [1.807, 2.05) is 27.7 Å². The molecular formula is C16H25NOS. The first-order chi connectivity index (χ1) is 8.51. The summed E-state index contributed by atoms with van der Waals surface area (Å²) in [6.45, 7) is 14.3. The molecule has 2 nitrogen and oxygen atoms in total. The highest BCUT2D eigenvalue weighted by Crippen LogP contribution is 2.23. The van der Waals surface area contributed by atoms with Gasteiger partial charge in [0, 0.05) is 5.56 Å². The van der Waals surface area contributed by atoms with Crippen molar-refractivity contribution < 1.29 is 4.55 Å². The molecule has 0 aliphatic carbocycles. The van der Waals surface area contributed by atoms with Gasteiger partial charge in [-0.1, -0.05) is 49.4 Å². The summed E-state index contributed by atoms with van der Waals surface area (Å²) in [4.78, 5) is 0. The van der Waals surface area contributed by atoms with Gasteiger partial charge in [0.25, 0.3) is 0 Å². The molecule has 1 rings (SSSR count). The first-order valence-electron chi connectivity index (χ1n) is 6.60. The summed E-state index contributed by atoms with van der Waals surface area (Å²) in [7, 11) is 0. The van der Waals surface area contributed by atoms with Gasteiger partial charge in [0.1, 0.15) is 16.1 Å². The van der Waals surface area contributed by atoms with E-state index >= 15 is 0 Å². The summed E-state index contributed by atoms with van der Waals surface area (Å²) in [6, 6.07) is 8.35. The molecule has 0 amide bonds. The Morgan fingerprint density at radius 1 is 1.00 bits per heavy atom. The molecule has 0 aliphatic heterocycles. The van der Waals surface area contributed by atoms with Crippen molar-refractivity contribution in [3.8, 4) is 0 Å². The van der Waals surface area contributed by atoms with Gasteiger partial charge in [-0.05, 0) is 38.7 Å². The summed E-state index contributed by atoms with van der Waals surface area (Å²) in [6.07, 6.45) is 0. The fraction of sp³-hybridized carbons (Fsp3) is 0.562. The van der Waals surface area contributed by atoms with Gasteiger partial charge in [-0.2, -0.15) is 0 Å². The number of hydrogen-bond acceptors (Lipinski definition) is 2. The van der Waals surface area contributed by atoms with Crippen LogP contribution in [0.1, 0.15) is 59.6 Å². The van der Waals surface area contributed by atoms with Gasteiger partial charge in [-0.15, -0.1) is 0 Å². The molecular weight excluding hydrogens is 254 g/mol. The predicted octanol–water partition coefficient (Wildman–Crippen LogP) is 4.26. The van der Waals surface area contributed by atoms with Gasteiger partial charge < -0.3 is 4.55 Å². The molecule has 1 atom stereocenters. The Morgan fingerprint density at radius 3 is 1.84 bits per heavy atom. The maximum atomic E-state index is 12.0. The molecule has 0 radical (unpaired) electrons. The van der Waals surface area contributed by atoms with Gasteiger partial charge in [-0.3, -0.25) is 0 Å². The molecule has 0 fully saturated rings. The Bertz CT molecular complexity index is 449. The van der Waals surface area contributed by atoms with E-state index in [1.165, 1.54) is 5.56 Å². The molecule has 1 aromatic carbocycles. The van der Waals surface area contributed by atoms with Crippen LogP contribution in [-0.2, 0) is 16.8 Å². The summed E-state index contributed by atoms with van der Waals surface area (Å²) in [5, 5.41) is 0. The van der Waals surface area contributed by atoms with Crippen molar-refractivity contribution in [1.29, 1.82) is 0 Å². The minimum atomic E-state index is -1.20. The van der Waals surface area contributed by atoms with Gasteiger partial charge in [0.15, 0.2) is 0 Å². The van der Waals surface area contributed by atoms with Crippen molar-refractivity contribution in [2.45, 2.75) is 58.6 Å². The lowest BCUT2D eigenvalue weighted by molar-refractivity contribution is 0.561.